The van der Waals surface area contributed by atoms with Crippen LogP contribution in [0.1, 0.15) is 51.8 Å². The molecule has 0 bridgehead atoms. The summed E-state index contributed by atoms with van der Waals surface area (Å²) >= 11 is 3.48. The van der Waals surface area contributed by atoms with Gasteiger partial charge in [-0.2, -0.15) is 5.10 Å². The monoisotopic (exact) mass is 349 g/mol. The predicted octanol–water partition coefficient (Wildman–Crippen LogP) is 4.65. The summed E-state index contributed by atoms with van der Waals surface area (Å²) in [4.78, 5) is 0. The Hall–Kier alpha value is -1.13. The zero-order chi connectivity index (χ0) is 15.6. The molecule has 0 aliphatic heterocycles. The van der Waals surface area contributed by atoms with Crippen LogP contribution in [-0.2, 0) is 6.54 Å². The van der Waals surface area contributed by atoms with Gasteiger partial charge in [-0.1, -0.05) is 29.8 Å². The molecule has 1 N–H and O–H groups in total. The minimum absolute atomic E-state index is 0.105. The lowest BCUT2D eigenvalue weighted by Gasteiger charge is -2.21. The van der Waals surface area contributed by atoms with Gasteiger partial charge in [-0.15, -0.1) is 0 Å². The van der Waals surface area contributed by atoms with Gasteiger partial charge in [0, 0.05) is 22.1 Å². The van der Waals surface area contributed by atoms with Crippen LogP contribution in [0.4, 0.5) is 0 Å². The molecule has 2 aromatic rings. The van der Waals surface area contributed by atoms with Gasteiger partial charge in [0.05, 0.1) is 17.6 Å². The van der Waals surface area contributed by atoms with E-state index in [-0.39, 0.29) is 5.54 Å². The van der Waals surface area contributed by atoms with Crippen molar-refractivity contribution in [2.45, 2.75) is 52.6 Å². The maximum Gasteiger partial charge on any atom is 0.0649 e. The molecule has 0 aliphatic rings. The first-order chi connectivity index (χ1) is 9.78. The fourth-order valence-corrected chi connectivity index (χ4v) is 2.56. The zero-order valence-electron chi connectivity index (χ0n) is 13.4. The van der Waals surface area contributed by atoms with Gasteiger partial charge < -0.3 is 5.32 Å². The van der Waals surface area contributed by atoms with E-state index >= 15 is 0 Å². The minimum atomic E-state index is 0.105. The molecule has 21 heavy (non-hydrogen) atoms. The Labute approximate surface area is 135 Å². The van der Waals surface area contributed by atoms with Crippen molar-refractivity contribution >= 4 is 15.9 Å². The van der Waals surface area contributed by atoms with Crippen LogP contribution >= 0.6 is 15.9 Å². The number of rotatable bonds is 4. The van der Waals surface area contributed by atoms with Gasteiger partial charge in [-0.3, -0.25) is 0 Å². The fraction of sp³-hybridized carbons (Fsp3) is 0.471. The molecule has 4 heteroatoms. The third kappa shape index (κ3) is 4.17. The number of nitrogens with one attached hydrogen (secondary N) is 1. The van der Waals surface area contributed by atoms with E-state index in [1.807, 2.05) is 18.3 Å². The Morgan fingerprint density at radius 3 is 2.33 bits per heavy atom. The summed E-state index contributed by atoms with van der Waals surface area (Å²) in [5, 5.41) is 8.15. The molecule has 0 unspecified atom stereocenters. The molecular weight excluding hydrogens is 326 g/mol. The third-order valence-corrected chi connectivity index (χ3v) is 3.84. The van der Waals surface area contributed by atoms with Gasteiger partial charge in [-0.25, -0.2) is 4.68 Å². The van der Waals surface area contributed by atoms with E-state index in [0.717, 1.165) is 16.7 Å². The molecule has 114 valence electrons. The average molecular weight is 350 g/mol. The first-order valence-electron chi connectivity index (χ1n) is 7.35. The van der Waals surface area contributed by atoms with Crippen LogP contribution < -0.4 is 5.32 Å². The van der Waals surface area contributed by atoms with Crippen molar-refractivity contribution in [3.63, 3.8) is 0 Å². The summed E-state index contributed by atoms with van der Waals surface area (Å²) in [5.41, 5.74) is 3.74. The molecule has 1 aromatic heterocycles. The van der Waals surface area contributed by atoms with E-state index in [0.29, 0.717) is 5.92 Å². The van der Waals surface area contributed by atoms with Crippen molar-refractivity contribution in [3.8, 4) is 5.69 Å². The zero-order valence-corrected chi connectivity index (χ0v) is 15.0. The van der Waals surface area contributed by atoms with E-state index in [2.05, 4.69) is 77.8 Å². The van der Waals surface area contributed by atoms with E-state index in [9.17, 15) is 0 Å². The van der Waals surface area contributed by atoms with Gasteiger partial charge in [0.2, 0.25) is 0 Å². The molecule has 0 radical (unpaired) electrons. The lowest BCUT2D eigenvalue weighted by molar-refractivity contribution is 0.423. The molecular formula is C17H24BrN3. The largest absolute Gasteiger partial charge is 0.308 e. The predicted molar refractivity (Wildman–Crippen MR) is 91.9 cm³/mol. The Morgan fingerprint density at radius 2 is 1.81 bits per heavy atom. The van der Waals surface area contributed by atoms with Crippen molar-refractivity contribution in [3.05, 3.63) is 46.2 Å². The number of hydrogen-bond donors (Lipinski definition) is 1. The van der Waals surface area contributed by atoms with Crippen LogP contribution in [0, 0.1) is 0 Å². The van der Waals surface area contributed by atoms with E-state index in [1.165, 1.54) is 11.3 Å². The van der Waals surface area contributed by atoms with Crippen LogP contribution in [0.2, 0.25) is 0 Å². The maximum absolute atomic E-state index is 4.60. The summed E-state index contributed by atoms with van der Waals surface area (Å²) in [6.07, 6.45) is 1.98. The molecule has 0 amide bonds. The van der Waals surface area contributed by atoms with Crippen molar-refractivity contribution < 1.29 is 0 Å². The van der Waals surface area contributed by atoms with Gasteiger partial charge in [0.1, 0.15) is 0 Å². The number of hydrogen-bond acceptors (Lipinski definition) is 2. The van der Waals surface area contributed by atoms with E-state index < -0.39 is 0 Å². The van der Waals surface area contributed by atoms with Crippen LogP contribution in [0.15, 0.2) is 34.9 Å². The highest BCUT2D eigenvalue weighted by Gasteiger charge is 2.17. The summed E-state index contributed by atoms with van der Waals surface area (Å²) in [5.74, 6) is 0.424. The first-order valence-corrected chi connectivity index (χ1v) is 8.15. The Morgan fingerprint density at radius 1 is 1.19 bits per heavy atom. The van der Waals surface area contributed by atoms with Crippen molar-refractivity contribution in [2.24, 2.45) is 0 Å². The highest BCUT2D eigenvalue weighted by atomic mass is 79.9. The number of aromatic nitrogens is 2. The second kappa shape index (κ2) is 6.32. The third-order valence-electron chi connectivity index (χ3n) is 3.31. The SMILES string of the molecule is CC(C)c1c(CNC(C)(C)C)cnn1-c1ccc(Br)cc1. The van der Waals surface area contributed by atoms with E-state index in [1.54, 1.807) is 0 Å². The molecule has 3 nitrogen and oxygen atoms in total. The van der Waals surface area contributed by atoms with E-state index in [4.69, 9.17) is 0 Å². The average Bonchev–Trinajstić information content (AvgIpc) is 2.80. The summed E-state index contributed by atoms with van der Waals surface area (Å²) in [7, 11) is 0. The Bertz CT molecular complexity index is 591. The van der Waals surface area contributed by atoms with Crippen molar-refractivity contribution in [1.29, 1.82) is 0 Å². The normalized spacial score (nSPS) is 12.1. The lowest BCUT2D eigenvalue weighted by atomic mass is 10.0. The summed E-state index contributed by atoms with van der Waals surface area (Å²) in [6, 6.07) is 8.27. The second-order valence-electron chi connectivity index (χ2n) is 6.70. The minimum Gasteiger partial charge on any atom is -0.308 e. The van der Waals surface area contributed by atoms with Crippen molar-refractivity contribution in [1.82, 2.24) is 15.1 Å². The molecule has 0 fully saturated rings. The van der Waals surface area contributed by atoms with Gasteiger partial charge >= 0.3 is 0 Å². The van der Waals surface area contributed by atoms with Gasteiger partial charge in [-0.05, 0) is 51.0 Å². The molecule has 0 aliphatic carbocycles. The van der Waals surface area contributed by atoms with Gasteiger partial charge in [0.15, 0.2) is 0 Å². The molecule has 0 atom stereocenters. The standard InChI is InChI=1S/C17H24BrN3/c1-12(2)16-13(10-19-17(3,4)5)11-20-21(16)15-8-6-14(18)7-9-15/h6-9,11-12,19H,10H2,1-5H3. The molecule has 2 rings (SSSR count). The van der Waals surface area contributed by atoms with Crippen molar-refractivity contribution in [2.75, 3.05) is 0 Å². The first kappa shape index (κ1) is 16.2. The highest BCUT2D eigenvalue weighted by Crippen LogP contribution is 2.24. The fourth-order valence-electron chi connectivity index (χ4n) is 2.29. The second-order valence-corrected chi connectivity index (χ2v) is 7.62. The molecule has 1 heterocycles. The molecule has 0 saturated carbocycles. The van der Waals surface area contributed by atoms with Crippen LogP contribution in [-0.4, -0.2) is 15.3 Å². The maximum atomic E-state index is 4.60. The summed E-state index contributed by atoms with van der Waals surface area (Å²) < 4.78 is 3.13. The topological polar surface area (TPSA) is 29.9 Å². The van der Waals surface area contributed by atoms with Gasteiger partial charge in [0.25, 0.3) is 0 Å². The Kier molecular flexibility index (Phi) is 4.89. The van der Waals surface area contributed by atoms with Crippen LogP contribution in [0.25, 0.3) is 5.69 Å². The highest BCUT2D eigenvalue weighted by molar-refractivity contribution is 9.10. The smallest absolute Gasteiger partial charge is 0.0649 e. The number of nitrogens with zero attached hydrogens (tertiary/aromatic N) is 2. The number of halogens is 1. The van der Waals surface area contributed by atoms with Crippen LogP contribution in [0.5, 0.6) is 0 Å². The number of benzene rings is 1. The quantitative estimate of drug-likeness (QED) is 0.870. The molecule has 0 saturated heterocycles. The summed E-state index contributed by atoms with van der Waals surface area (Å²) in [6.45, 7) is 11.8. The molecule has 1 aromatic carbocycles. The van der Waals surface area contributed by atoms with Crippen LogP contribution in [0.3, 0.4) is 0 Å². The Balaban J connectivity index is 2.35. The molecule has 0 spiro atoms. The lowest BCUT2D eigenvalue weighted by Crippen LogP contribution is -2.35.